The van der Waals surface area contributed by atoms with Gasteiger partial charge < -0.3 is 29.5 Å². The van der Waals surface area contributed by atoms with E-state index in [4.69, 9.17) is 13.6 Å². The van der Waals surface area contributed by atoms with Crippen molar-refractivity contribution in [2.75, 3.05) is 25.0 Å². The van der Waals surface area contributed by atoms with E-state index in [0.717, 1.165) is 17.2 Å². The van der Waals surface area contributed by atoms with Crippen LogP contribution in [0.3, 0.4) is 0 Å². The number of rotatable bonds is 10. The first-order chi connectivity index (χ1) is 15.1. The number of carbonyl (C=O) groups is 1. The van der Waals surface area contributed by atoms with Crippen molar-refractivity contribution in [2.24, 2.45) is 4.99 Å². The van der Waals surface area contributed by atoms with Gasteiger partial charge in [-0.1, -0.05) is 0 Å². The molecule has 0 saturated heterocycles. The average Bonchev–Trinajstić information content (AvgIpc) is 3.46. The van der Waals surface area contributed by atoms with Gasteiger partial charge in [-0.3, -0.25) is 9.79 Å². The van der Waals surface area contributed by atoms with Crippen LogP contribution in [-0.4, -0.2) is 37.6 Å². The Kier molecular flexibility index (Phi) is 8.16. The minimum absolute atomic E-state index is 0.121. The number of guanidine groups is 1. The zero-order valence-corrected chi connectivity index (χ0v) is 17.8. The molecule has 0 atom stereocenters. The normalized spacial score (nSPS) is 11.4. The fourth-order valence-corrected chi connectivity index (χ4v) is 2.75. The molecule has 0 radical (unpaired) electrons. The average molecular weight is 425 g/mol. The topological polar surface area (TPSA) is 101 Å². The van der Waals surface area contributed by atoms with Crippen molar-refractivity contribution in [1.82, 2.24) is 10.6 Å². The Labute approximate surface area is 181 Å². The minimum atomic E-state index is -0.253. The van der Waals surface area contributed by atoms with Crippen molar-refractivity contribution in [3.63, 3.8) is 0 Å². The quantitative estimate of drug-likeness (QED) is 0.261. The second-order valence-corrected chi connectivity index (χ2v) is 7.04. The van der Waals surface area contributed by atoms with Gasteiger partial charge in [-0.2, -0.15) is 0 Å². The summed E-state index contributed by atoms with van der Waals surface area (Å²) >= 11 is 0. The fraction of sp³-hybridized carbons (Fsp3) is 0.304. The third kappa shape index (κ3) is 7.58. The van der Waals surface area contributed by atoms with E-state index >= 15 is 0 Å². The number of nitrogens with one attached hydrogen (secondary N) is 3. The van der Waals surface area contributed by atoms with Gasteiger partial charge in [0, 0.05) is 31.7 Å². The molecule has 3 rings (SSSR count). The summed E-state index contributed by atoms with van der Waals surface area (Å²) in [5.74, 6) is 2.33. The molecular weight excluding hydrogens is 396 g/mol. The van der Waals surface area contributed by atoms with Gasteiger partial charge in [0.2, 0.25) is 0 Å². The molecule has 0 spiro atoms. The molecule has 164 valence electrons. The monoisotopic (exact) mass is 424 g/mol. The summed E-state index contributed by atoms with van der Waals surface area (Å²) in [6.45, 7) is 5.44. The van der Waals surface area contributed by atoms with Crippen LogP contribution in [0.2, 0.25) is 0 Å². The van der Waals surface area contributed by atoms with Gasteiger partial charge in [-0.05, 0) is 62.4 Å². The molecule has 0 aliphatic carbocycles. The van der Waals surface area contributed by atoms with E-state index in [9.17, 15) is 4.79 Å². The van der Waals surface area contributed by atoms with Crippen LogP contribution in [0.1, 0.15) is 30.2 Å². The summed E-state index contributed by atoms with van der Waals surface area (Å²) < 4.78 is 16.1. The van der Waals surface area contributed by atoms with E-state index < -0.39 is 0 Å². The van der Waals surface area contributed by atoms with Crippen LogP contribution in [0.15, 0.2) is 74.9 Å². The Balaban J connectivity index is 1.54. The van der Waals surface area contributed by atoms with Crippen molar-refractivity contribution >= 4 is 17.6 Å². The Morgan fingerprint density at radius 1 is 1.00 bits per heavy atom. The highest BCUT2D eigenvalue weighted by atomic mass is 16.5. The number of amides is 1. The van der Waals surface area contributed by atoms with Crippen LogP contribution in [0, 0.1) is 0 Å². The van der Waals surface area contributed by atoms with E-state index in [1.54, 1.807) is 18.4 Å². The van der Waals surface area contributed by atoms with E-state index in [1.165, 1.54) is 6.26 Å². The zero-order chi connectivity index (χ0) is 21.9. The second kappa shape index (κ2) is 11.5. The molecule has 1 aromatic carbocycles. The van der Waals surface area contributed by atoms with Crippen LogP contribution < -0.4 is 20.7 Å². The number of hydrogen-bond donors (Lipinski definition) is 3. The summed E-state index contributed by atoms with van der Waals surface area (Å²) in [5.41, 5.74) is 0.875. The molecule has 3 N–H and O–H groups in total. The van der Waals surface area contributed by atoms with Crippen LogP contribution in [-0.2, 0) is 6.42 Å². The van der Waals surface area contributed by atoms with E-state index in [0.29, 0.717) is 32.0 Å². The van der Waals surface area contributed by atoms with Crippen molar-refractivity contribution in [1.29, 1.82) is 0 Å². The molecule has 1 amide bonds. The first kappa shape index (κ1) is 22.0. The van der Waals surface area contributed by atoms with E-state index in [2.05, 4.69) is 20.9 Å². The van der Waals surface area contributed by atoms with E-state index in [1.807, 2.05) is 50.2 Å². The predicted octanol–water partition coefficient (Wildman–Crippen LogP) is 3.69. The third-order valence-corrected chi connectivity index (χ3v) is 4.15. The minimum Gasteiger partial charge on any atom is -0.491 e. The molecule has 0 bridgehead atoms. The van der Waals surface area contributed by atoms with Crippen LogP contribution in [0.25, 0.3) is 0 Å². The highest BCUT2D eigenvalue weighted by molar-refractivity contribution is 5.94. The smallest absolute Gasteiger partial charge is 0.287 e. The largest absolute Gasteiger partial charge is 0.491 e. The third-order valence-electron chi connectivity index (χ3n) is 4.15. The van der Waals surface area contributed by atoms with Gasteiger partial charge in [0.25, 0.3) is 5.91 Å². The lowest BCUT2D eigenvalue weighted by molar-refractivity contribution is 0.0926. The van der Waals surface area contributed by atoms with Gasteiger partial charge in [-0.25, -0.2) is 0 Å². The Bertz CT molecular complexity index is 933. The Morgan fingerprint density at radius 3 is 2.42 bits per heavy atom. The molecule has 0 aliphatic heterocycles. The van der Waals surface area contributed by atoms with Crippen molar-refractivity contribution in [3.05, 3.63) is 72.6 Å². The number of nitrogens with zero attached hydrogens (tertiary/aromatic N) is 1. The maximum atomic E-state index is 12.0. The number of ether oxygens (including phenoxy) is 1. The maximum Gasteiger partial charge on any atom is 0.287 e. The summed E-state index contributed by atoms with van der Waals surface area (Å²) in [6.07, 6.45) is 3.93. The van der Waals surface area contributed by atoms with Gasteiger partial charge in [0.05, 0.1) is 18.6 Å². The summed E-state index contributed by atoms with van der Waals surface area (Å²) in [6, 6.07) is 14.8. The number of anilines is 1. The van der Waals surface area contributed by atoms with E-state index in [-0.39, 0.29) is 17.8 Å². The van der Waals surface area contributed by atoms with Gasteiger partial charge in [-0.15, -0.1) is 0 Å². The predicted molar refractivity (Wildman–Crippen MR) is 120 cm³/mol. The fourth-order valence-electron chi connectivity index (χ4n) is 2.75. The molecule has 2 aromatic heterocycles. The van der Waals surface area contributed by atoms with Gasteiger partial charge >= 0.3 is 0 Å². The molecule has 2 heterocycles. The van der Waals surface area contributed by atoms with Crippen molar-refractivity contribution in [2.45, 2.75) is 26.4 Å². The van der Waals surface area contributed by atoms with Crippen LogP contribution in [0.4, 0.5) is 5.69 Å². The molecule has 0 unspecified atom stereocenters. The zero-order valence-electron chi connectivity index (χ0n) is 17.8. The number of furan rings is 2. The first-order valence-electron chi connectivity index (χ1n) is 10.3. The summed E-state index contributed by atoms with van der Waals surface area (Å²) in [5, 5.41) is 9.30. The molecule has 31 heavy (non-hydrogen) atoms. The highest BCUT2D eigenvalue weighted by Crippen LogP contribution is 2.16. The van der Waals surface area contributed by atoms with Crippen molar-refractivity contribution in [3.8, 4) is 5.75 Å². The van der Waals surface area contributed by atoms with Crippen LogP contribution in [0.5, 0.6) is 5.75 Å². The summed E-state index contributed by atoms with van der Waals surface area (Å²) in [4.78, 5) is 16.6. The highest BCUT2D eigenvalue weighted by Gasteiger charge is 2.07. The second-order valence-electron chi connectivity index (χ2n) is 7.04. The molecule has 8 nitrogen and oxygen atoms in total. The molecule has 0 fully saturated rings. The number of carbonyl (C=O) groups excluding carboxylic acids is 1. The SMILES string of the molecule is CC(C)Oc1ccc(NC(=NCCc2ccco2)NCCNC(=O)c2ccco2)cc1. The number of hydrogen-bond acceptors (Lipinski definition) is 5. The Hall–Kier alpha value is -3.68. The molecule has 8 heteroatoms. The number of benzene rings is 1. The van der Waals surface area contributed by atoms with Crippen molar-refractivity contribution < 1.29 is 18.4 Å². The molecule has 3 aromatic rings. The van der Waals surface area contributed by atoms with Gasteiger partial charge in [0.15, 0.2) is 11.7 Å². The standard InChI is InChI=1S/C23H28N4O4/c1-17(2)31-20-9-7-18(8-10-20)27-23(25-12-11-19-5-3-15-29-19)26-14-13-24-22(28)21-6-4-16-30-21/h3-10,15-17H,11-14H2,1-2H3,(H,24,28)(H2,25,26,27). The summed E-state index contributed by atoms with van der Waals surface area (Å²) in [7, 11) is 0. The lowest BCUT2D eigenvalue weighted by atomic mass is 10.3. The lowest BCUT2D eigenvalue weighted by Gasteiger charge is -2.14. The molecule has 0 aliphatic rings. The lowest BCUT2D eigenvalue weighted by Crippen LogP contribution is -2.38. The van der Waals surface area contributed by atoms with Gasteiger partial charge in [0.1, 0.15) is 11.5 Å². The number of aliphatic imine (C=N–C) groups is 1. The molecule has 0 saturated carbocycles. The maximum absolute atomic E-state index is 12.0. The van der Waals surface area contributed by atoms with Crippen LogP contribution >= 0.6 is 0 Å². The Morgan fingerprint density at radius 2 is 1.74 bits per heavy atom. The molecular formula is C23H28N4O4. The first-order valence-corrected chi connectivity index (χ1v) is 10.3.